The lowest BCUT2D eigenvalue weighted by Crippen LogP contribution is -2.48. The van der Waals surface area contributed by atoms with E-state index < -0.39 is 0 Å². The van der Waals surface area contributed by atoms with Crippen LogP contribution < -0.4 is 10.6 Å². The highest BCUT2D eigenvalue weighted by atomic mass is 16.5. The Morgan fingerprint density at radius 3 is 2.74 bits per heavy atom. The van der Waals surface area contributed by atoms with Gasteiger partial charge in [0, 0.05) is 30.7 Å². The van der Waals surface area contributed by atoms with E-state index in [0.717, 1.165) is 16.8 Å². The van der Waals surface area contributed by atoms with Gasteiger partial charge < -0.3 is 24.8 Å². The molecule has 0 bridgehead atoms. The standard InChI is InChI=1S/C23H23N7O4/c1-13-8-14(2)17(26-22-27-21(34-28-22)15-11-29(12-15)23(32)33-3)9-16(13)25-20(31)18-10-24-19-6-4-5-7-30(18)19/h4-10,15H,11-12H2,1-3H3,(H,25,31)(H,26,28). The molecule has 2 amide bonds. The fourth-order valence-corrected chi connectivity index (χ4v) is 3.89. The zero-order valence-electron chi connectivity index (χ0n) is 18.9. The van der Waals surface area contributed by atoms with E-state index in [2.05, 4.69) is 25.8 Å². The van der Waals surface area contributed by atoms with Crippen molar-refractivity contribution in [2.75, 3.05) is 30.8 Å². The molecule has 11 heteroatoms. The molecule has 4 aromatic rings. The molecule has 11 nitrogen and oxygen atoms in total. The monoisotopic (exact) mass is 461 g/mol. The highest BCUT2D eigenvalue weighted by Gasteiger charge is 2.36. The average Bonchev–Trinajstić information content (AvgIpc) is 3.43. The smallest absolute Gasteiger partial charge is 0.409 e. The predicted molar refractivity (Wildman–Crippen MR) is 123 cm³/mol. The molecule has 1 aliphatic heterocycles. The van der Waals surface area contributed by atoms with E-state index in [1.807, 2.05) is 44.2 Å². The van der Waals surface area contributed by atoms with Crippen LogP contribution in [-0.2, 0) is 4.74 Å². The van der Waals surface area contributed by atoms with E-state index in [1.54, 1.807) is 21.7 Å². The van der Waals surface area contributed by atoms with Gasteiger partial charge in [-0.15, -0.1) is 0 Å². The average molecular weight is 461 g/mol. The zero-order valence-corrected chi connectivity index (χ0v) is 18.9. The van der Waals surface area contributed by atoms with E-state index in [9.17, 15) is 9.59 Å². The van der Waals surface area contributed by atoms with Gasteiger partial charge in [-0.3, -0.25) is 9.20 Å². The SMILES string of the molecule is COC(=O)N1CC(c2nc(Nc3cc(NC(=O)c4cnc5ccccn45)c(C)cc3C)no2)C1. The van der Waals surface area contributed by atoms with Crippen molar-refractivity contribution in [3.05, 3.63) is 65.4 Å². The molecule has 0 spiro atoms. The van der Waals surface area contributed by atoms with Crippen molar-refractivity contribution < 1.29 is 18.8 Å². The molecule has 34 heavy (non-hydrogen) atoms. The van der Waals surface area contributed by atoms with E-state index in [4.69, 9.17) is 9.26 Å². The zero-order chi connectivity index (χ0) is 23.8. The lowest BCUT2D eigenvalue weighted by molar-refractivity contribution is 0.0804. The Morgan fingerprint density at radius 2 is 1.94 bits per heavy atom. The van der Waals surface area contributed by atoms with Crippen LogP contribution in [0.4, 0.5) is 22.1 Å². The van der Waals surface area contributed by atoms with Crippen LogP contribution in [0.2, 0.25) is 0 Å². The summed E-state index contributed by atoms with van der Waals surface area (Å²) in [7, 11) is 1.35. The summed E-state index contributed by atoms with van der Waals surface area (Å²) in [6.07, 6.45) is 2.98. The van der Waals surface area contributed by atoms with Crippen molar-refractivity contribution in [3.8, 4) is 0 Å². The second-order valence-electron chi connectivity index (χ2n) is 8.16. The number of imidazole rings is 1. The summed E-state index contributed by atoms with van der Waals surface area (Å²) in [5.41, 5.74) is 4.39. The maximum atomic E-state index is 12.9. The molecule has 2 N–H and O–H groups in total. The minimum Gasteiger partial charge on any atom is -0.453 e. The molecule has 174 valence electrons. The van der Waals surface area contributed by atoms with Gasteiger partial charge in [0.25, 0.3) is 11.9 Å². The lowest BCUT2D eigenvalue weighted by atomic mass is 10.0. The third kappa shape index (κ3) is 3.91. The summed E-state index contributed by atoms with van der Waals surface area (Å²) < 4.78 is 11.8. The molecule has 1 aromatic carbocycles. The van der Waals surface area contributed by atoms with E-state index >= 15 is 0 Å². The van der Waals surface area contributed by atoms with Gasteiger partial charge in [-0.05, 0) is 48.3 Å². The molecular weight excluding hydrogens is 438 g/mol. The van der Waals surface area contributed by atoms with Gasteiger partial charge in [-0.25, -0.2) is 9.78 Å². The van der Waals surface area contributed by atoms with E-state index in [0.29, 0.717) is 42.0 Å². The minimum atomic E-state index is -0.372. The van der Waals surface area contributed by atoms with Crippen LogP contribution in [0.15, 0.2) is 47.2 Å². The van der Waals surface area contributed by atoms with Crippen LogP contribution >= 0.6 is 0 Å². The van der Waals surface area contributed by atoms with Gasteiger partial charge in [-0.1, -0.05) is 12.1 Å². The number of nitrogens with one attached hydrogen (secondary N) is 2. The lowest BCUT2D eigenvalue weighted by Gasteiger charge is -2.35. The van der Waals surface area contributed by atoms with Crippen molar-refractivity contribution in [1.29, 1.82) is 0 Å². The molecule has 0 saturated carbocycles. The van der Waals surface area contributed by atoms with Crippen LogP contribution in [0.25, 0.3) is 5.65 Å². The maximum Gasteiger partial charge on any atom is 0.409 e. The number of rotatable bonds is 5. The molecule has 0 atom stereocenters. The van der Waals surface area contributed by atoms with Crippen molar-refractivity contribution in [1.82, 2.24) is 24.4 Å². The van der Waals surface area contributed by atoms with Gasteiger partial charge in [-0.2, -0.15) is 4.98 Å². The summed E-state index contributed by atoms with van der Waals surface area (Å²) in [4.78, 5) is 34.7. The molecule has 3 aromatic heterocycles. The molecule has 0 aliphatic carbocycles. The number of pyridine rings is 1. The molecule has 1 saturated heterocycles. The maximum absolute atomic E-state index is 12.9. The summed E-state index contributed by atoms with van der Waals surface area (Å²) >= 11 is 0. The Morgan fingerprint density at radius 1 is 1.15 bits per heavy atom. The Labute approximate surface area is 194 Å². The molecule has 5 rings (SSSR count). The van der Waals surface area contributed by atoms with Crippen LogP contribution in [0.3, 0.4) is 0 Å². The van der Waals surface area contributed by atoms with Crippen LogP contribution in [0, 0.1) is 13.8 Å². The quantitative estimate of drug-likeness (QED) is 0.462. The van der Waals surface area contributed by atoms with Crippen molar-refractivity contribution in [3.63, 3.8) is 0 Å². The number of hydrogen-bond acceptors (Lipinski definition) is 8. The third-order valence-electron chi connectivity index (χ3n) is 5.82. The summed E-state index contributed by atoms with van der Waals surface area (Å²) in [5, 5.41) is 10.1. The van der Waals surface area contributed by atoms with Gasteiger partial charge in [0.1, 0.15) is 11.3 Å². The molecule has 0 unspecified atom stereocenters. The topological polar surface area (TPSA) is 127 Å². The number of nitrogens with zero attached hydrogens (tertiary/aromatic N) is 5. The highest BCUT2D eigenvalue weighted by molar-refractivity contribution is 6.04. The Kier molecular flexibility index (Phi) is 5.36. The number of carbonyl (C=O) groups is 2. The van der Waals surface area contributed by atoms with Crippen molar-refractivity contribution in [2.45, 2.75) is 19.8 Å². The first kappa shape index (κ1) is 21.4. The number of anilines is 3. The molecule has 0 radical (unpaired) electrons. The largest absolute Gasteiger partial charge is 0.453 e. The van der Waals surface area contributed by atoms with Crippen molar-refractivity contribution >= 4 is 35.0 Å². The van der Waals surface area contributed by atoms with E-state index in [-0.39, 0.29) is 17.9 Å². The highest BCUT2D eigenvalue weighted by Crippen LogP contribution is 2.30. The van der Waals surface area contributed by atoms with Gasteiger partial charge in [0.15, 0.2) is 0 Å². The number of likely N-dealkylation sites (tertiary alicyclic amines) is 1. The third-order valence-corrected chi connectivity index (χ3v) is 5.82. The Hall–Kier alpha value is -4.41. The molecule has 1 aliphatic rings. The first-order valence-electron chi connectivity index (χ1n) is 10.7. The number of aryl methyl sites for hydroxylation is 2. The summed E-state index contributed by atoms with van der Waals surface area (Å²) in [6.45, 7) is 4.82. The number of benzene rings is 1. The van der Waals surface area contributed by atoms with Crippen LogP contribution in [0.5, 0.6) is 0 Å². The normalized spacial score (nSPS) is 13.6. The molecular formula is C23H23N7O4. The molecule has 1 fully saturated rings. The minimum absolute atomic E-state index is 0.0263. The van der Waals surface area contributed by atoms with Gasteiger partial charge in [0.05, 0.1) is 19.2 Å². The number of ether oxygens (including phenoxy) is 1. The van der Waals surface area contributed by atoms with Crippen molar-refractivity contribution in [2.24, 2.45) is 0 Å². The number of methoxy groups -OCH3 is 1. The van der Waals surface area contributed by atoms with Crippen LogP contribution in [-0.4, -0.2) is 56.6 Å². The Bertz CT molecular complexity index is 1390. The van der Waals surface area contributed by atoms with Gasteiger partial charge in [0.2, 0.25) is 5.89 Å². The second kappa shape index (κ2) is 8.50. The molecule has 4 heterocycles. The van der Waals surface area contributed by atoms with E-state index in [1.165, 1.54) is 7.11 Å². The number of carbonyl (C=O) groups excluding carboxylic acids is 2. The fraction of sp³-hybridized carbons (Fsp3) is 0.261. The fourth-order valence-electron chi connectivity index (χ4n) is 3.89. The Balaban J connectivity index is 1.31. The first-order chi connectivity index (χ1) is 16.4. The van der Waals surface area contributed by atoms with Gasteiger partial charge >= 0.3 is 6.09 Å². The first-order valence-corrected chi connectivity index (χ1v) is 10.7. The number of hydrogen-bond donors (Lipinski definition) is 2. The number of fused-ring (bicyclic) bond motifs is 1. The number of amides is 2. The summed E-state index contributed by atoms with van der Waals surface area (Å²) in [6, 6.07) is 9.36. The summed E-state index contributed by atoms with van der Waals surface area (Å²) in [5.74, 6) is 0.464. The van der Waals surface area contributed by atoms with Crippen LogP contribution in [0.1, 0.15) is 33.4 Å². The second-order valence-corrected chi connectivity index (χ2v) is 8.16. The number of aromatic nitrogens is 4. The predicted octanol–water partition coefficient (Wildman–Crippen LogP) is 3.50.